The van der Waals surface area contributed by atoms with Crippen molar-refractivity contribution in [1.82, 2.24) is 0 Å². The van der Waals surface area contributed by atoms with Gasteiger partial charge in [0, 0.05) is 19.3 Å². The number of carbonyl (C=O) groups excluding carboxylic acids is 3. The van der Waals surface area contributed by atoms with Gasteiger partial charge in [-0.3, -0.25) is 14.4 Å². The maximum absolute atomic E-state index is 12.9. The molecule has 0 aliphatic carbocycles. The fraction of sp³-hybridized carbons (Fsp3) is 0.754. The van der Waals surface area contributed by atoms with Crippen LogP contribution in [0.4, 0.5) is 0 Å². The summed E-state index contributed by atoms with van der Waals surface area (Å²) in [7, 11) is 0. The Morgan fingerprint density at radius 1 is 0.267 bits per heavy atom. The maximum Gasteiger partial charge on any atom is 0.306 e. The molecular weight excluding hydrogens is 925 g/mol. The highest BCUT2D eigenvalue weighted by molar-refractivity contribution is 5.71. The van der Waals surface area contributed by atoms with Crippen molar-refractivity contribution in [2.45, 2.75) is 322 Å². The molecule has 1 atom stereocenters. The minimum absolute atomic E-state index is 0.0909. The Balaban J connectivity index is 4.44. The van der Waals surface area contributed by atoms with Crippen molar-refractivity contribution in [3.05, 3.63) is 85.1 Å². The Bertz CT molecular complexity index is 1430. The smallest absolute Gasteiger partial charge is 0.306 e. The van der Waals surface area contributed by atoms with Crippen molar-refractivity contribution in [3.8, 4) is 0 Å². The molecule has 0 aliphatic heterocycles. The standard InChI is InChI=1S/C69H120O6/c1-4-7-10-13-16-19-22-25-28-31-34-37-40-43-46-49-52-55-58-61-67(70)73-64-66(75-69(72)63-60-57-54-51-48-45-42-39-36-33-30-27-24-21-18-15-12-9-6-3)65-74-68(71)62-59-56-53-50-47-44-41-38-35-32-29-26-23-20-17-14-11-8-5-2/h16,18-19,21,25-30,36,39,45,48,66H,4-15,17,20,22-24,31-35,37-38,40-44,46-47,49-65H2,1-3H3/b19-16-,21-18-,28-25-,29-26-,30-27-,39-36-,48-45-/t66-/m1/s1. The van der Waals surface area contributed by atoms with Gasteiger partial charge >= 0.3 is 17.9 Å². The molecule has 6 heteroatoms. The van der Waals surface area contributed by atoms with Gasteiger partial charge < -0.3 is 14.2 Å². The monoisotopic (exact) mass is 1040 g/mol. The van der Waals surface area contributed by atoms with Crippen LogP contribution in [0.25, 0.3) is 0 Å². The van der Waals surface area contributed by atoms with E-state index in [9.17, 15) is 14.4 Å². The van der Waals surface area contributed by atoms with Crippen LogP contribution in [0.2, 0.25) is 0 Å². The number of unbranched alkanes of at least 4 members (excludes halogenated alkanes) is 33. The molecule has 0 unspecified atom stereocenters. The van der Waals surface area contributed by atoms with Crippen LogP contribution in [0.15, 0.2) is 85.1 Å². The van der Waals surface area contributed by atoms with E-state index in [0.717, 1.165) is 89.9 Å². The number of hydrogen-bond donors (Lipinski definition) is 0. The van der Waals surface area contributed by atoms with E-state index in [2.05, 4.69) is 106 Å². The molecule has 0 saturated heterocycles. The molecule has 0 aromatic heterocycles. The zero-order valence-electron chi connectivity index (χ0n) is 49.6. The molecule has 0 aromatic rings. The summed E-state index contributed by atoms with van der Waals surface area (Å²) < 4.78 is 16.9. The molecule has 432 valence electrons. The highest BCUT2D eigenvalue weighted by Crippen LogP contribution is 2.16. The lowest BCUT2D eigenvalue weighted by molar-refractivity contribution is -0.167. The molecule has 0 radical (unpaired) electrons. The van der Waals surface area contributed by atoms with Crippen LogP contribution in [0, 0.1) is 0 Å². The van der Waals surface area contributed by atoms with Gasteiger partial charge in [0.1, 0.15) is 13.2 Å². The van der Waals surface area contributed by atoms with Gasteiger partial charge in [-0.15, -0.1) is 0 Å². The fourth-order valence-electron chi connectivity index (χ4n) is 8.98. The van der Waals surface area contributed by atoms with Crippen LogP contribution >= 0.6 is 0 Å². The minimum Gasteiger partial charge on any atom is -0.462 e. The highest BCUT2D eigenvalue weighted by Gasteiger charge is 2.19. The third kappa shape index (κ3) is 61.3. The minimum atomic E-state index is -0.798. The zero-order valence-corrected chi connectivity index (χ0v) is 49.6. The van der Waals surface area contributed by atoms with Crippen LogP contribution in [0.3, 0.4) is 0 Å². The fourth-order valence-corrected chi connectivity index (χ4v) is 8.98. The SMILES string of the molecule is CCCCC/C=C\C/C=C\C/C=C\C/C=C\CCCCCC(=O)O[C@H](COC(=O)CCCCCCCCCCC/C=C\C/C=C\CCCCC)COC(=O)CCCCCCCCCCC/C=C\CCCCCCCC. The van der Waals surface area contributed by atoms with E-state index in [-0.39, 0.29) is 31.1 Å². The van der Waals surface area contributed by atoms with Crippen molar-refractivity contribution >= 4 is 17.9 Å². The molecule has 0 aliphatic rings. The second-order valence-electron chi connectivity index (χ2n) is 21.3. The summed E-state index contributed by atoms with van der Waals surface area (Å²) in [6.07, 6.45) is 82.9. The number of carbonyl (C=O) groups is 3. The van der Waals surface area contributed by atoms with Crippen molar-refractivity contribution in [1.29, 1.82) is 0 Å². The summed E-state index contributed by atoms with van der Waals surface area (Å²) in [5.74, 6) is -0.916. The van der Waals surface area contributed by atoms with Crippen LogP contribution in [-0.2, 0) is 28.6 Å². The van der Waals surface area contributed by atoms with Crippen LogP contribution in [0.5, 0.6) is 0 Å². The molecule has 0 amide bonds. The third-order valence-electron chi connectivity index (χ3n) is 13.8. The summed E-state index contributed by atoms with van der Waals surface area (Å²) in [6, 6.07) is 0. The maximum atomic E-state index is 12.9. The van der Waals surface area contributed by atoms with E-state index < -0.39 is 6.10 Å². The summed E-state index contributed by atoms with van der Waals surface area (Å²) in [4.78, 5) is 38.3. The number of esters is 3. The second-order valence-corrected chi connectivity index (χ2v) is 21.3. The Hall–Kier alpha value is -3.41. The lowest BCUT2D eigenvalue weighted by Crippen LogP contribution is -2.30. The summed E-state index contributed by atoms with van der Waals surface area (Å²) >= 11 is 0. The molecule has 75 heavy (non-hydrogen) atoms. The molecule has 0 N–H and O–H groups in total. The Kier molecular flexibility index (Phi) is 60.3. The van der Waals surface area contributed by atoms with E-state index in [1.54, 1.807) is 0 Å². The predicted octanol–water partition coefficient (Wildman–Crippen LogP) is 21.9. The molecule has 0 rings (SSSR count). The van der Waals surface area contributed by atoms with Crippen LogP contribution in [0.1, 0.15) is 316 Å². The second kappa shape index (κ2) is 63.1. The third-order valence-corrected chi connectivity index (χ3v) is 13.8. The Morgan fingerprint density at radius 3 is 0.800 bits per heavy atom. The van der Waals surface area contributed by atoms with Crippen molar-refractivity contribution in [2.75, 3.05) is 13.2 Å². The van der Waals surface area contributed by atoms with Gasteiger partial charge in [0.05, 0.1) is 0 Å². The quantitative estimate of drug-likeness (QED) is 0.0261. The molecule has 0 heterocycles. The van der Waals surface area contributed by atoms with Gasteiger partial charge in [-0.25, -0.2) is 0 Å². The zero-order chi connectivity index (χ0) is 54.3. The van der Waals surface area contributed by atoms with Gasteiger partial charge in [0.2, 0.25) is 0 Å². The van der Waals surface area contributed by atoms with Crippen LogP contribution < -0.4 is 0 Å². The first kappa shape index (κ1) is 71.6. The lowest BCUT2D eigenvalue weighted by atomic mass is 10.1. The Morgan fingerprint density at radius 2 is 0.480 bits per heavy atom. The van der Waals surface area contributed by atoms with E-state index in [1.807, 2.05) is 0 Å². The molecule has 0 spiro atoms. The van der Waals surface area contributed by atoms with Crippen LogP contribution in [-0.4, -0.2) is 37.2 Å². The average molecular weight is 1050 g/mol. The van der Waals surface area contributed by atoms with E-state index in [1.165, 1.54) is 186 Å². The van der Waals surface area contributed by atoms with Crippen molar-refractivity contribution in [2.24, 2.45) is 0 Å². The number of ether oxygens (including phenoxy) is 3. The van der Waals surface area contributed by atoms with Gasteiger partial charge in [-0.1, -0.05) is 260 Å². The normalized spacial score (nSPS) is 12.6. The number of allylic oxidation sites excluding steroid dienone is 14. The van der Waals surface area contributed by atoms with E-state index >= 15 is 0 Å². The lowest BCUT2D eigenvalue weighted by Gasteiger charge is -2.18. The number of hydrogen-bond acceptors (Lipinski definition) is 6. The topological polar surface area (TPSA) is 78.9 Å². The first-order valence-electron chi connectivity index (χ1n) is 32.1. The average Bonchev–Trinajstić information content (AvgIpc) is 3.41. The first-order valence-corrected chi connectivity index (χ1v) is 32.1. The van der Waals surface area contributed by atoms with Gasteiger partial charge in [-0.05, 0) is 122 Å². The molecule has 0 bridgehead atoms. The Labute approximate surface area is 465 Å². The predicted molar refractivity (Wildman–Crippen MR) is 325 cm³/mol. The highest BCUT2D eigenvalue weighted by atomic mass is 16.6. The summed E-state index contributed by atoms with van der Waals surface area (Å²) in [5.41, 5.74) is 0. The van der Waals surface area contributed by atoms with E-state index in [0.29, 0.717) is 19.3 Å². The molecule has 0 fully saturated rings. The van der Waals surface area contributed by atoms with Gasteiger partial charge in [0.15, 0.2) is 6.10 Å². The van der Waals surface area contributed by atoms with Gasteiger partial charge in [0.25, 0.3) is 0 Å². The number of rotatable bonds is 58. The summed E-state index contributed by atoms with van der Waals surface area (Å²) in [6.45, 7) is 6.58. The molecular formula is C69H120O6. The molecule has 6 nitrogen and oxygen atoms in total. The first-order chi connectivity index (χ1) is 37.0. The van der Waals surface area contributed by atoms with Crippen molar-refractivity contribution < 1.29 is 28.6 Å². The molecule has 0 saturated carbocycles. The largest absolute Gasteiger partial charge is 0.462 e. The van der Waals surface area contributed by atoms with E-state index in [4.69, 9.17) is 14.2 Å². The summed E-state index contributed by atoms with van der Waals surface area (Å²) in [5, 5.41) is 0. The van der Waals surface area contributed by atoms with Crippen molar-refractivity contribution in [3.63, 3.8) is 0 Å². The molecule has 0 aromatic carbocycles. The van der Waals surface area contributed by atoms with Gasteiger partial charge in [-0.2, -0.15) is 0 Å².